The molecular weight excluding hydrogens is 170 g/mol. The number of rotatable bonds is 0. The van der Waals surface area contributed by atoms with E-state index in [1.807, 2.05) is 0 Å². The van der Waals surface area contributed by atoms with Crippen LogP contribution in [0.2, 0.25) is 0 Å². The van der Waals surface area contributed by atoms with Crippen molar-refractivity contribution in [2.45, 2.75) is 38.1 Å². The molecule has 1 heteroatoms. The molecule has 1 heterocycles. The van der Waals surface area contributed by atoms with Crippen LogP contribution in [0, 0.1) is 6.92 Å². The molecule has 1 fully saturated rings. The third-order valence-electron chi connectivity index (χ3n) is 3.78. The van der Waals surface area contributed by atoms with Crippen LogP contribution in [0.15, 0.2) is 18.2 Å². The Balaban J connectivity index is 2.11. The number of hydrogen-bond acceptors (Lipinski definition) is 1. The lowest BCUT2D eigenvalue weighted by atomic mass is 9.74. The van der Waals surface area contributed by atoms with Gasteiger partial charge in [0.05, 0.1) is 0 Å². The standard InChI is InChI=1S/C13H17N/c1-9-3-2-4-10-7-12-8-11(13(9)10)5-6-14-12/h2-4,11-12,14H,5-8H2,1H3. The third-order valence-corrected chi connectivity index (χ3v) is 3.78. The van der Waals surface area contributed by atoms with E-state index in [-0.39, 0.29) is 0 Å². The molecule has 1 N–H and O–H groups in total. The summed E-state index contributed by atoms with van der Waals surface area (Å²) in [6.07, 6.45) is 3.93. The summed E-state index contributed by atoms with van der Waals surface area (Å²) in [6, 6.07) is 7.54. The SMILES string of the molecule is Cc1cccc2c1C1CCNC(C2)C1. The Morgan fingerprint density at radius 1 is 1.36 bits per heavy atom. The van der Waals surface area contributed by atoms with Crippen LogP contribution in [0.5, 0.6) is 0 Å². The number of piperidine rings is 1. The van der Waals surface area contributed by atoms with Gasteiger partial charge in [-0.3, -0.25) is 0 Å². The highest BCUT2D eigenvalue weighted by Crippen LogP contribution is 2.37. The largest absolute Gasteiger partial charge is 0.314 e. The highest BCUT2D eigenvalue weighted by molar-refractivity contribution is 5.40. The summed E-state index contributed by atoms with van der Waals surface area (Å²) < 4.78 is 0. The minimum Gasteiger partial charge on any atom is -0.314 e. The van der Waals surface area contributed by atoms with Crippen LogP contribution in [0.25, 0.3) is 0 Å². The van der Waals surface area contributed by atoms with Gasteiger partial charge in [0.15, 0.2) is 0 Å². The average Bonchev–Trinajstić information content (AvgIpc) is 2.17. The van der Waals surface area contributed by atoms with Crippen LogP contribution in [0.3, 0.4) is 0 Å². The molecule has 1 aromatic carbocycles. The molecule has 1 aliphatic carbocycles. The first-order valence-electron chi connectivity index (χ1n) is 5.66. The molecule has 2 atom stereocenters. The maximum Gasteiger partial charge on any atom is 0.0113 e. The highest BCUT2D eigenvalue weighted by Gasteiger charge is 2.30. The van der Waals surface area contributed by atoms with E-state index in [0.717, 1.165) is 12.0 Å². The van der Waals surface area contributed by atoms with Crippen molar-refractivity contribution < 1.29 is 0 Å². The molecule has 1 aliphatic heterocycles. The van der Waals surface area contributed by atoms with E-state index in [1.54, 1.807) is 11.1 Å². The molecule has 2 bridgehead atoms. The highest BCUT2D eigenvalue weighted by atomic mass is 14.9. The lowest BCUT2D eigenvalue weighted by molar-refractivity contribution is 0.338. The van der Waals surface area contributed by atoms with Crippen LogP contribution in [-0.4, -0.2) is 12.6 Å². The van der Waals surface area contributed by atoms with Crippen LogP contribution in [0.1, 0.15) is 35.4 Å². The Bertz CT molecular complexity index is 356. The van der Waals surface area contributed by atoms with Crippen molar-refractivity contribution in [2.24, 2.45) is 0 Å². The minimum atomic E-state index is 0.753. The summed E-state index contributed by atoms with van der Waals surface area (Å²) in [6.45, 7) is 3.48. The van der Waals surface area contributed by atoms with Gasteiger partial charge in [0.2, 0.25) is 0 Å². The maximum atomic E-state index is 3.61. The Morgan fingerprint density at radius 2 is 2.29 bits per heavy atom. The molecular formula is C13H17N. The number of aryl methyl sites for hydroxylation is 1. The van der Waals surface area contributed by atoms with Gasteiger partial charge in [0, 0.05) is 6.04 Å². The van der Waals surface area contributed by atoms with Gasteiger partial charge in [-0.05, 0) is 55.3 Å². The Morgan fingerprint density at radius 3 is 3.21 bits per heavy atom. The number of nitrogens with one attached hydrogen (secondary N) is 1. The summed E-state index contributed by atoms with van der Waals surface area (Å²) in [5, 5.41) is 3.61. The zero-order valence-electron chi connectivity index (χ0n) is 8.72. The minimum absolute atomic E-state index is 0.753. The zero-order chi connectivity index (χ0) is 9.54. The number of fused-ring (bicyclic) bond motifs is 4. The van der Waals surface area contributed by atoms with Crippen LogP contribution >= 0.6 is 0 Å². The molecule has 1 nitrogen and oxygen atoms in total. The monoisotopic (exact) mass is 187 g/mol. The summed E-state index contributed by atoms with van der Waals surface area (Å²) in [7, 11) is 0. The van der Waals surface area contributed by atoms with Crippen LogP contribution in [0.4, 0.5) is 0 Å². The Hall–Kier alpha value is -0.820. The molecule has 2 aliphatic rings. The van der Waals surface area contributed by atoms with Crippen molar-refractivity contribution in [1.29, 1.82) is 0 Å². The summed E-state index contributed by atoms with van der Waals surface area (Å²) in [5.41, 5.74) is 4.77. The first-order valence-corrected chi connectivity index (χ1v) is 5.66. The van der Waals surface area contributed by atoms with Crippen molar-refractivity contribution in [3.8, 4) is 0 Å². The van der Waals surface area contributed by atoms with Gasteiger partial charge in [-0.25, -0.2) is 0 Å². The molecule has 0 radical (unpaired) electrons. The fourth-order valence-electron chi connectivity index (χ4n) is 3.19. The number of benzene rings is 1. The van der Waals surface area contributed by atoms with Crippen LogP contribution in [-0.2, 0) is 6.42 Å². The van der Waals surface area contributed by atoms with E-state index in [0.29, 0.717) is 0 Å². The fraction of sp³-hybridized carbons (Fsp3) is 0.538. The molecule has 3 rings (SSSR count). The molecule has 0 saturated carbocycles. The fourth-order valence-corrected chi connectivity index (χ4v) is 3.19. The van der Waals surface area contributed by atoms with Gasteiger partial charge in [0.25, 0.3) is 0 Å². The number of hydrogen-bond donors (Lipinski definition) is 1. The van der Waals surface area contributed by atoms with Gasteiger partial charge in [-0.15, -0.1) is 0 Å². The molecule has 0 amide bonds. The van der Waals surface area contributed by atoms with E-state index in [4.69, 9.17) is 0 Å². The van der Waals surface area contributed by atoms with Gasteiger partial charge in [0.1, 0.15) is 0 Å². The van der Waals surface area contributed by atoms with Crippen molar-refractivity contribution in [1.82, 2.24) is 5.32 Å². The van der Waals surface area contributed by atoms with Crippen molar-refractivity contribution >= 4 is 0 Å². The van der Waals surface area contributed by atoms with E-state index < -0.39 is 0 Å². The van der Waals surface area contributed by atoms with Gasteiger partial charge in [-0.1, -0.05) is 18.2 Å². The lowest BCUT2D eigenvalue weighted by Crippen LogP contribution is -2.42. The first-order chi connectivity index (χ1) is 6.84. The molecule has 74 valence electrons. The Kier molecular flexibility index (Phi) is 1.88. The van der Waals surface area contributed by atoms with E-state index in [9.17, 15) is 0 Å². The summed E-state index contributed by atoms with van der Waals surface area (Å²) in [5.74, 6) is 0.839. The second-order valence-corrected chi connectivity index (χ2v) is 4.72. The normalized spacial score (nSPS) is 29.8. The summed E-state index contributed by atoms with van der Waals surface area (Å²) in [4.78, 5) is 0. The van der Waals surface area contributed by atoms with E-state index in [2.05, 4.69) is 30.4 Å². The first kappa shape index (κ1) is 8.49. The quantitative estimate of drug-likeness (QED) is 0.657. The molecule has 1 aromatic rings. The van der Waals surface area contributed by atoms with Gasteiger partial charge < -0.3 is 5.32 Å². The summed E-state index contributed by atoms with van der Waals surface area (Å²) >= 11 is 0. The molecule has 0 aromatic heterocycles. The predicted molar refractivity (Wildman–Crippen MR) is 58.6 cm³/mol. The van der Waals surface area contributed by atoms with Crippen LogP contribution < -0.4 is 5.32 Å². The van der Waals surface area contributed by atoms with E-state index >= 15 is 0 Å². The topological polar surface area (TPSA) is 12.0 Å². The van der Waals surface area contributed by atoms with Gasteiger partial charge in [-0.2, -0.15) is 0 Å². The molecule has 0 spiro atoms. The zero-order valence-corrected chi connectivity index (χ0v) is 8.72. The lowest BCUT2D eigenvalue weighted by Gasteiger charge is -2.37. The second kappa shape index (κ2) is 3.09. The molecule has 14 heavy (non-hydrogen) atoms. The average molecular weight is 187 g/mol. The molecule has 1 saturated heterocycles. The molecule has 2 unspecified atom stereocenters. The predicted octanol–water partition coefficient (Wildman–Crippen LogP) is 2.39. The van der Waals surface area contributed by atoms with Gasteiger partial charge >= 0.3 is 0 Å². The van der Waals surface area contributed by atoms with Crippen molar-refractivity contribution in [3.63, 3.8) is 0 Å². The van der Waals surface area contributed by atoms with Crippen molar-refractivity contribution in [2.75, 3.05) is 6.54 Å². The third kappa shape index (κ3) is 1.19. The maximum absolute atomic E-state index is 3.61. The smallest absolute Gasteiger partial charge is 0.0113 e. The van der Waals surface area contributed by atoms with E-state index in [1.165, 1.54) is 31.4 Å². The second-order valence-electron chi connectivity index (χ2n) is 4.72. The Labute approximate surface area is 85.5 Å². The van der Waals surface area contributed by atoms with Crippen molar-refractivity contribution in [3.05, 3.63) is 34.9 Å².